The Hall–Kier alpha value is -0.570. The van der Waals surface area contributed by atoms with Gasteiger partial charge in [0, 0.05) is 12.6 Å². The van der Waals surface area contributed by atoms with Crippen LogP contribution in [-0.4, -0.2) is 18.5 Å². The Morgan fingerprint density at radius 3 is 2.20 bits per heavy atom. The van der Waals surface area contributed by atoms with Crippen LogP contribution in [-0.2, 0) is 4.79 Å². The van der Waals surface area contributed by atoms with Crippen LogP contribution in [0.3, 0.4) is 0 Å². The molecular weight excluding hydrogens is 248 g/mol. The van der Waals surface area contributed by atoms with E-state index in [2.05, 4.69) is 26.1 Å². The van der Waals surface area contributed by atoms with Gasteiger partial charge in [-0.15, -0.1) is 0 Å². The molecule has 3 heteroatoms. The molecule has 0 saturated heterocycles. The van der Waals surface area contributed by atoms with Gasteiger partial charge in [-0.3, -0.25) is 4.79 Å². The van der Waals surface area contributed by atoms with E-state index in [1.54, 1.807) is 0 Å². The van der Waals surface area contributed by atoms with Crippen molar-refractivity contribution in [2.24, 2.45) is 28.9 Å². The lowest BCUT2D eigenvalue weighted by atomic mass is 9.68. The van der Waals surface area contributed by atoms with Crippen molar-refractivity contribution in [3.8, 4) is 0 Å². The first kappa shape index (κ1) is 15.8. The quantitative estimate of drug-likeness (QED) is 0.813. The average molecular weight is 280 g/mol. The molecule has 1 atom stereocenters. The topological polar surface area (TPSA) is 55.1 Å². The molecule has 20 heavy (non-hydrogen) atoms. The molecule has 116 valence electrons. The molecular formula is C17H32N2O. The van der Waals surface area contributed by atoms with Crippen LogP contribution in [0, 0.1) is 23.2 Å². The van der Waals surface area contributed by atoms with E-state index in [4.69, 9.17) is 5.73 Å². The van der Waals surface area contributed by atoms with Crippen LogP contribution in [0.15, 0.2) is 0 Å². The van der Waals surface area contributed by atoms with Crippen LogP contribution in [0.5, 0.6) is 0 Å². The van der Waals surface area contributed by atoms with Crippen LogP contribution in [0.1, 0.15) is 65.7 Å². The second-order valence-electron chi connectivity index (χ2n) is 8.03. The molecule has 3 N–H and O–H groups in total. The third-order valence-electron chi connectivity index (χ3n) is 5.27. The summed E-state index contributed by atoms with van der Waals surface area (Å²) in [5.41, 5.74) is 6.25. The summed E-state index contributed by atoms with van der Waals surface area (Å²) in [5, 5.41) is 3.11. The standard InChI is InChI=1S/C17H32N2O/c1-17(2,3)14-6-4-12(5-7-14)10-13(11-18)16(20)19-15-8-9-15/h12-15H,4-11,18H2,1-3H3,(H,19,20). The molecule has 1 amide bonds. The minimum atomic E-state index is 0.0341. The van der Waals surface area contributed by atoms with E-state index in [9.17, 15) is 4.79 Å². The molecule has 0 spiro atoms. The normalized spacial score (nSPS) is 29.0. The van der Waals surface area contributed by atoms with E-state index < -0.39 is 0 Å². The molecule has 2 fully saturated rings. The maximum Gasteiger partial charge on any atom is 0.224 e. The van der Waals surface area contributed by atoms with Gasteiger partial charge in [0.2, 0.25) is 5.91 Å². The van der Waals surface area contributed by atoms with Gasteiger partial charge in [-0.25, -0.2) is 0 Å². The molecule has 0 aliphatic heterocycles. The van der Waals surface area contributed by atoms with E-state index in [1.165, 1.54) is 25.7 Å². The smallest absolute Gasteiger partial charge is 0.224 e. The van der Waals surface area contributed by atoms with Crippen LogP contribution in [0.25, 0.3) is 0 Å². The zero-order valence-electron chi connectivity index (χ0n) is 13.5. The summed E-state index contributed by atoms with van der Waals surface area (Å²) < 4.78 is 0. The minimum Gasteiger partial charge on any atom is -0.353 e. The van der Waals surface area contributed by atoms with Crippen LogP contribution >= 0.6 is 0 Å². The first-order valence-electron chi connectivity index (χ1n) is 8.40. The van der Waals surface area contributed by atoms with E-state index in [-0.39, 0.29) is 11.8 Å². The van der Waals surface area contributed by atoms with Gasteiger partial charge in [0.1, 0.15) is 0 Å². The fourth-order valence-corrected chi connectivity index (χ4v) is 3.52. The van der Waals surface area contributed by atoms with E-state index in [0.717, 1.165) is 25.2 Å². The number of rotatable bonds is 5. The molecule has 0 bridgehead atoms. The summed E-state index contributed by atoms with van der Waals surface area (Å²) in [6.45, 7) is 7.55. The highest BCUT2D eigenvalue weighted by molar-refractivity contribution is 5.79. The molecule has 0 aromatic carbocycles. The van der Waals surface area contributed by atoms with E-state index in [0.29, 0.717) is 23.9 Å². The van der Waals surface area contributed by atoms with Gasteiger partial charge < -0.3 is 11.1 Å². The predicted octanol–water partition coefficient (Wildman–Crippen LogP) is 3.08. The van der Waals surface area contributed by atoms with Gasteiger partial charge in [0.05, 0.1) is 5.92 Å². The maximum absolute atomic E-state index is 12.1. The van der Waals surface area contributed by atoms with Crippen LogP contribution in [0.4, 0.5) is 0 Å². The lowest BCUT2D eigenvalue weighted by Gasteiger charge is -2.37. The Labute approximate surface area is 124 Å². The van der Waals surface area contributed by atoms with Crippen molar-refractivity contribution in [1.29, 1.82) is 0 Å². The number of amides is 1. The molecule has 0 aromatic rings. The molecule has 3 nitrogen and oxygen atoms in total. The molecule has 2 aliphatic rings. The molecule has 0 heterocycles. The number of nitrogens with one attached hydrogen (secondary N) is 1. The molecule has 0 radical (unpaired) electrons. The largest absolute Gasteiger partial charge is 0.353 e. The highest BCUT2D eigenvalue weighted by atomic mass is 16.2. The minimum absolute atomic E-state index is 0.0341. The number of hydrogen-bond donors (Lipinski definition) is 2. The van der Waals surface area contributed by atoms with Gasteiger partial charge in [0.25, 0.3) is 0 Å². The Balaban J connectivity index is 1.76. The molecule has 2 saturated carbocycles. The van der Waals surface area contributed by atoms with Crippen molar-refractivity contribution in [2.45, 2.75) is 71.8 Å². The van der Waals surface area contributed by atoms with Gasteiger partial charge in [-0.1, -0.05) is 33.6 Å². The first-order valence-corrected chi connectivity index (χ1v) is 8.40. The SMILES string of the molecule is CC(C)(C)C1CCC(CC(CN)C(=O)NC2CC2)CC1. The van der Waals surface area contributed by atoms with Crippen molar-refractivity contribution in [3.63, 3.8) is 0 Å². The molecule has 0 aromatic heterocycles. The summed E-state index contributed by atoms with van der Waals surface area (Å²) in [6, 6.07) is 0.452. The maximum atomic E-state index is 12.1. The molecule has 1 unspecified atom stereocenters. The number of carbonyl (C=O) groups excluding carboxylic acids is 1. The molecule has 2 rings (SSSR count). The van der Waals surface area contributed by atoms with Crippen molar-refractivity contribution >= 4 is 5.91 Å². The second kappa shape index (κ2) is 6.46. The Morgan fingerprint density at radius 1 is 1.15 bits per heavy atom. The third-order valence-corrected chi connectivity index (χ3v) is 5.27. The second-order valence-corrected chi connectivity index (χ2v) is 8.03. The van der Waals surface area contributed by atoms with Crippen molar-refractivity contribution in [3.05, 3.63) is 0 Å². The van der Waals surface area contributed by atoms with Gasteiger partial charge >= 0.3 is 0 Å². The van der Waals surface area contributed by atoms with Crippen molar-refractivity contribution in [2.75, 3.05) is 6.54 Å². The number of nitrogens with two attached hydrogens (primary N) is 1. The highest BCUT2D eigenvalue weighted by Gasteiger charge is 2.32. The van der Waals surface area contributed by atoms with Crippen molar-refractivity contribution in [1.82, 2.24) is 5.32 Å². The van der Waals surface area contributed by atoms with E-state index >= 15 is 0 Å². The van der Waals surface area contributed by atoms with Gasteiger partial charge in [0.15, 0.2) is 0 Å². The van der Waals surface area contributed by atoms with Gasteiger partial charge in [-0.05, 0) is 49.4 Å². The highest BCUT2D eigenvalue weighted by Crippen LogP contribution is 2.41. The summed E-state index contributed by atoms with van der Waals surface area (Å²) >= 11 is 0. The van der Waals surface area contributed by atoms with Crippen molar-refractivity contribution < 1.29 is 4.79 Å². The van der Waals surface area contributed by atoms with Crippen LogP contribution in [0.2, 0.25) is 0 Å². The number of hydrogen-bond acceptors (Lipinski definition) is 2. The summed E-state index contributed by atoms with van der Waals surface area (Å²) in [6.07, 6.45) is 8.47. The monoisotopic (exact) mass is 280 g/mol. The Morgan fingerprint density at radius 2 is 1.75 bits per heavy atom. The lowest BCUT2D eigenvalue weighted by Crippen LogP contribution is -2.38. The zero-order valence-corrected chi connectivity index (χ0v) is 13.5. The Kier molecular flexibility index (Phi) is 5.11. The zero-order chi connectivity index (χ0) is 14.8. The fourth-order valence-electron chi connectivity index (χ4n) is 3.52. The molecule has 2 aliphatic carbocycles. The summed E-state index contributed by atoms with van der Waals surface area (Å²) in [4.78, 5) is 12.1. The summed E-state index contributed by atoms with van der Waals surface area (Å²) in [5.74, 6) is 1.78. The van der Waals surface area contributed by atoms with E-state index in [1.807, 2.05) is 0 Å². The third kappa shape index (κ3) is 4.47. The van der Waals surface area contributed by atoms with Gasteiger partial charge in [-0.2, -0.15) is 0 Å². The lowest BCUT2D eigenvalue weighted by molar-refractivity contribution is -0.125. The Bertz CT molecular complexity index is 322. The predicted molar refractivity (Wildman–Crippen MR) is 83.2 cm³/mol. The first-order chi connectivity index (χ1) is 9.40. The average Bonchev–Trinajstić information content (AvgIpc) is 3.19. The summed E-state index contributed by atoms with van der Waals surface area (Å²) in [7, 11) is 0. The van der Waals surface area contributed by atoms with Crippen LogP contribution < -0.4 is 11.1 Å². The fraction of sp³-hybridized carbons (Fsp3) is 0.941. The number of carbonyl (C=O) groups is 1.